The lowest BCUT2D eigenvalue weighted by molar-refractivity contribution is 0.224. The molecule has 0 spiro atoms. The molecule has 1 aliphatic rings. The quantitative estimate of drug-likeness (QED) is 0.243. The molecule has 4 aromatic rings. The maximum atomic E-state index is 11.3. The second kappa shape index (κ2) is 10.4. The van der Waals surface area contributed by atoms with E-state index in [0.29, 0.717) is 33.3 Å². The van der Waals surface area contributed by atoms with E-state index in [0.717, 1.165) is 33.5 Å². The molecule has 0 radical (unpaired) electrons. The standard InChI is InChI=1S/C31H33ClN4O2S/c1-30(2,3)21-15-19(16-22(26(21)37)31(4,5)6)27-33-24-14-10-8-12-20(24)25-28(38-27)34-29(36-35-25)39-17-18-11-7-9-13-23(18)32/h7-16,27,33,37H,17H2,1-6H3/t27-/m0/s1. The summed E-state index contributed by atoms with van der Waals surface area (Å²) in [4.78, 5) is 4.79. The molecule has 3 aromatic carbocycles. The van der Waals surface area contributed by atoms with Gasteiger partial charge in [-0.2, -0.15) is 4.98 Å². The molecule has 0 saturated heterocycles. The van der Waals surface area contributed by atoms with E-state index in [9.17, 15) is 5.11 Å². The van der Waals surface area contributed by atoms with E-state index in [1.165, 1.54) is 11.8 Å². The third kappa shape index (κ3) is 5.70. The molecule has 6 nitrogen and oxygen atoms in total. The average molecular weight is 561 g/mol. The summed E-state index contributed by atoms with van der Waals surface area (Å²) in [5.74, 6) is 1.34. The van der Waals surface area contributed by atoms with Crippen LogP contribution in [0.25, 0.3) is 11.3 Å². The van der Waals surface area contributed by atoms with E-state index in [1.807, 2.05) is 60.7 Å². The van der Waals surface area contributed by atoms with Crippen LogP contribution in [-0.2, 0) is 16.6 Å². The van der Waals surface area contributed by atoms with Gasteiger partial charge in [0.15, 0.2) is 11.9 Å². The lowest BCUT2D eigenvalue weighted by atomic mass is 9.78. The molecule has 39 heavy (non-hydrogen) atoms. The fourth-order valence-electron chi connectivity index (χ4n) is 4.57. The fraction of sp³-hybridized carbons (Fsp3) is 0.323. The van der Waals surface area contributed by atoms with Crippen molar-refractivity contribution in [1.29, 1.82) is 0 Å². The van der Waals surface area contributed by atoms with Crippen LogP contribution in [0, 0.1) is 0 Å². The van der Waals surface area contributed by atoms with E-state index < -0.39 is 6.23 Å². The molecular formula is C31H33ClN4O2S. The molecule has 0 fully saturated rings. The number of halogens is 1. The lowest BCUT2D eigenvalue weighted by Gasteiger charge is -2.30. The number of anilines is 1. The zero-order valence-electron chi connectivity index (χ0n) is 23.0. The Kier molecular flexibility index (Phi) is 7.25. The van der Waals surface area contributed by atoms with Crippen molar-refractivity contribution in [1.82, 2.24) is 15.2 Å². The Bertz CT molecular complexity index is 1490. The molecule has 202 valence electrons. The third-order valence-electron chi connectivity index (χ3n) is 6.70. The number of benzene rings is 3. The van der Waals surface area contributed by atoms with Crippen LogP contribution >= 0.6 is 23.4 Å². The van der Waals surface area contributed by atoms with Crippen LogP contribution in [0.5, 0.6) is 11.6 Å². The van der Waals surface area contributed by atoms with Crippen LogP contribution in [-0.4, -0.2) is 20.3 Å². The van der Waals surface area contributed by atoms with Crippen LogP contribution in [0.15, 0.2) is 65.8 Å². The second-order valence-electron chi connectivity index (χ2n) is 11.8. The van der Waals surface area contributed by atoms with Crippen molar-refractivity contribution in [3.05, 3.63) is 87.9 Å². The number of hydrogen-bond donors (Lipinski definition) is 2. The Morgan fingerprint density at radius 2 is 1.56 bits per heavy atom. The van der Waals surface area contributed by atoms with Crippen molar-refractivity contribution in [3.63, 3.8) is 0 Å². The van der Waals surface area contributed by atoms with Crippen LogP contribution in [0.4, 0.5) is 5.69 Å². The number of nitrogens with zero attached hydrogens (tertiary/aromatic N) is 3. The van der Waals surface area contributed by atoms with Gasteiger partial charge in [-0.1, -0.05) is 101 Å². The molecule has 1 aliphatic heterocycles. The summed E-state index contributed by atoms with van der Waals surface area (Å²) in [7, 11) is 0. The SMILES string of the molecule is CC(C)(C)c1cc([C@H]2Nc3ccccc3-c3nnc(SCc4ccccc4Cl)nc3O2)cc(C(C)(C)C)c1O. The smallest absolute Gasteiger partial charge is 0.247 e. The van der Waals surface area contributed by atoms with Gasteiger partial charge in [-0.3, -0.25) is 0 Å². The highest BCUT2D eigenvalue weighted by Gasteiger charge is 2.31. The molecule has 0 saturated carbocycles. The normalized spacial score (nSPS) is 15.0. The number of phenols is 1. The number of ether oxygens (including phenoxy) is 1. The predicted octanol–water partition coefficient (Wildman–Crippen LogP) is 8.29. The first-order valence-electron chi connectivity index (χ1n) is 12.9. The molecule has 5 rings (SSSR count). The Morgan fingerprint density at radius 3 is 2.23 bits per heavy atom. The number of para-hydroxylation sites is 1. The molecule has 2 heterocycles. The molecule has 0 amide bonds. The van der Waals surface area contributed by atoms with E-state index in [-0.39, 0.29) is 10.8 Å². The summed E-state index contributed by atoms with van der Waals surface area (Å²) in [6.45, 7) is 12.6. The van der Waals surface area contributed by atoms with E-state index in [1.54, 1.807) is 0 Å². The minimum atomic E-state index is -0.562. The van der Waals surface area contributed by atoms with Gasteiger partial charge in [0.2, 0.25) is 11.0 Å². The Labute approximate surface area is 239 Å². The number of nitrogens with one attached hydrogen (secondary N) is 1. The minimum Gasteiger partial charge on any atom is -0.507 e. The maximum absolute atomic E-state index is 11.3. The number of hydrogen-bond acceptors (Lipinski definition) is 7. The van der Waals surface area contributed by atoms with Gasteiger partial charge in [-0.05, 0) is 40.7 Å². The summed E-state index contributed by atoms with van der Waals surface area (Å²) in [5, 5.41) is 25.0. The summed E-state index contributed by atoms with van der Waals surface area (Å²) in [6, 6.07) is 19.7. The maximum Gasteiger partial charge on any atom is 0.247 e. The van der Waals surface area contributed by atoms with Gasteiger partial charge < -0.3 is 15.2 Å². The molecule has 0 unspecified atom stereocenters. The van der Waals surface area contributed by atoms with E-state index in [4.69, 9.17) is 21.3 Å². The highest BCUT2D eigenvalue weighted by molar-refractivity contribution is 7.98. The summed E-state index contributed by atoms with van der Waals surface area (Å²) in [5.41, 5.74) is 5.40. The number of thioether (sulfide) groups is 1. The number of fused-ring (bicyclic) bond motifs is 3. The van der Waals surface area contributed by atoms with Crippen LogP contribution in [0.1, 0.15) is 70.0 Å². The van der Waals surface area contributed by atoms with Gasteiger partial charge >= 0.3 is 0 Å². The average Bonchev–Trinajstić information content (AvgIpc) is 3.03. The minimum absolute atomic E-state index is 0.271. The van der Waals surface area contributed by atoms with Crippen LogP contribution < -0.4 is 10.1 Å². The first-order chi connectivity index (χ1) is 18.4. The zero-order chi connectivity index (χ0) is 27.9. The Morgan fingerprint density at radius 1 is 0.923 bits per heavy atom. The Hall–Kier alpha value is -3.29. The van der Waals surface area contributed by atoms with Crippen molar-refractivity contribution in [2.45, 2.75) is 69.5 Å². The largest absolute Gasteiger partial charge is 0.507 e. The summed E-state index contributed by atoms with van der Waals surface area (Å²) >= 11 is 7.81. The number of phenolic OH excluding ortho intramolecular Hbond substituents is 1. The van der Waals surface area contributed by atoms with Crippen molar-refractivity contribution in [2.24, 2.45) is 0 Å². The van der Waals surface area contributed by atoms with E-state index >= 15 is 0 Å². The van der Waals surface area contributed by atoms with Crippen molar-refractivity contribution in [2.75, 3.05) is 5.32 Å². The highest BCUT2D eigenvalue weighted by Crippen LogP contribution is 2.44. The van der Waals surface area contributed by atoms with Gasteiger partial charge in [0, 0.05) is 38.7 Å². The van der Waals surface area contributed by atoms with Gasteiger partial charge in [-0.15, -0.1) is 10.2 Å². The van der Waals surface area contributed by atoms with Crippen LogP contribution in [0.3, 0.4) is 0 Å². The highest BCUT2D eigenvalue weighted by atomic mass is 35.5. The van der Waals surface area contributed by atoms with E-state index in [2.05, 4.69) is 57.1 Å². The zero-order valence-corrected chi connectivity index (χ0v) is 24.6. The number of aromatic nitrogens is 3. The fourth-order valence-corrected chi connectivity index (χ4v) is 5.63. The number of aromatic hydroxyl groups is 1. The molecule has 2 N–H and O–H groups in total. The van der Waals surface area contributed by atoms with Crippen molar-refractivity contribution < 1.29 is 9.84 Å². The molecular weight excluding hydrogens is 528 g/mol. The lowest BCUT2D eigenvalue weighted by Crippen LogP contribution is -2.22. The first kappa shape index (κ1) is 27.3. The summed E-state index contributed by atoms with van der Waals surface area (Å²) in [6.07, 6.45) is -0.562. The number of rotatable bonds is 4. The van der Waals surface area contributed by atoms with Gasteiger partial charge in [0.05, 0.1) is 0 Å². The topological polar surface area (TPSA) is 80.2 Å². The van der Waals surface area contributed by atoms with Gasteiger partial charge in [0.25, 0.3) is 0 Å². The van der Waals surface area contributed by atoms with Crippen molar-refractivity contribution in [3.8, 4) is 22.9 Å². The second-order valence-corrected chi connectivity index (χ2v) is 13.1. The predicted molar refractivity (Wildman–Crippen MR) is 159 cm³/mol. The Balaban J connectivity index is 1.58. The first-order valence-corrected chi connectivity index (χ1v) is 14.3. The molecule has 0 aliphatic carbocycles. The van der Waals surface area contributed by atoms with Gasteiger partial charge in [0.1, 0.15) is 5.75 Å². The van der Waals surface area contributed by atoms with Crippen molar-refractivity contribution >= 4 is 29.1 Å². The van der Waals surface area contributed by atoms with Gasteiger partial charge in [-0.25, -0.2) is 0 Å². The molecule has 8 heteroatoms. The molecule has 1 atom stereocenters. The monoisotopic (exact) mass is 560 g/mol. The summed E-state index contributed by atoms with van der Waals surface area (Å²) < 4.78 is 6.57. The van der Waals surface area contributed by atoms with Crippen LogP contribution in [0.2, 0.25) is 5.02 Å². The third-order valence-corrected chi connectivity index (χ3v) is 7.95. The molecule has 0 bridgehead atoms. The molecule has 1 aromatic heterocycles.